The van der Waals surface area contributed by atoms with Crippen molar-refractivity contribution in [3.05, 3.63) is 48.8 Å². The van der Waals surface area contributed by atoms with Crippen molar-refractivity contribution in [2.24, 2.45) is 0 Å². The average Bonchev–Trinajstić information content (AvgIpc) is 2.07. The van der Waals surface area contributed by atoms with Crippen LogP contribution in [0, 0.1) is 0 Å². The molecule has 0 aliphatic carbocycles. The maximum atomic E-state index is 2.00. The molecule has 1 aromatic heterocycles. The first-order valence-corrected chi connectivity index (χ1v) is 3.69. The fraction of sp³-hybridized carbons (Fsp3) is 0.100. The van der Waals surface area contributed by atoms with Crippen LogP contribution in [0.5, 0.6) is 0 Å². The predicted octanol–water partition coefficient (Wildman–Crippen LogP) is -0.975. The SMILES string of the molecule is CC=CC=C[n+]1ccccc1.[Br-]. The van der Waals surface area contributed by atoms with Crippen LogP contribution < -0.4 is 21.5 Å². The Morgan fingerprint density at radius 3 is 2.25 bits per heavy atom. The predicted molar refractivity (Wildman–Crippen MR) is 46.8 cm³/mol. The molecule has 1 rings (SSSR count). The van der Waals surface area contributed by atoms with Gasteiger partial charge in [-0.2, -0.15) is 4.57 Å². The summed E-state index contributed by atoms with van der Waals surface area (Å²) >= 11 is 0. The van der Waals surface area contributed by atoms with Crippen LogP contribution in [0.1, 0.15) is 6.92 Å². The van der Waals surface area contributed by atoms with Crippen molar-refractivity contribution in [2.75, 3.05) is 0 Å². The van der Waals surface area contributed by atoms with Gasteiger partial charge in [0.1, 0.15) is 0 Å². The lowest BCUT2D eigenvalue weighted by molar-refractivity contribution is -0.568. The molecule has 0 radical (unpaired) electrons. The number of allylic oxidation sites excluding steroid dienone is 3. The van der Waals surface area contributed by atoms with Gasteiger partial charge in [-0.05, 0) is 6.92 Å². The smallest absolute Gasteiger partial charge is 0.174 e. The van der Waals surface area contributed by atoms with E-state index < -0.39 is 0 Å². The van der Waals surface area contributed by atoms with Gasteiger partial charge in [0.05, 0.1) is 0 Å². The Balaban J connectivity index is 0.00000121. The molecule has 0 atom stereocenters. The Hall–Kier alpha value is -0.890. The molecule has 0 aromatic carbocycles. The van der Waals surface area contributed by atoms with E-state index >= 15 is 0 Å². The van der Waals surface area contributed by atoms with E-state index in [1.807, 2.05) is 66.5 Å². The molecule has 0 aliphatic heterocycles. The van der Waals surface area contributed by atoms with Gasteiger partial charge < -0.3 is 17.0 Å². The zero-order chi connectivity index (χ0) is 7.94. The number of pyridine rings is 1. The standard InChI is InChI=1S/C10H12N.BrH/c1-2-3-5-8-11-9-6-4-7-10-11;/h2-10H,1H3;1H/q+1;/p-1. The van der Waals surface area contributed by atoms with Gasteiger partial charge in [0, 0.05) is 18.2 Å². The van der Waals surface area contributed by atoms with Gasteiger partial charge in [-0.1, -0.05) is 18.2 Å². The maximum absolute atomic E-state index is 2.00. The van der Waals surface area contributed by atoms with Crippen LogP contribution in [0.2, 0.25) is 0 Å². The summed E-state index contributed by atoms with van der Waals surface area (Å²) in [5.41, 5.74) is 0. The Morgan fingerprint density at radius 2 is 1.67 bits per heavy atom. The van der Waals surface area contributed by atoms with Crippen LogP contribution in [0.4, 0.5) is 0 Å². The monoisotopic (exact) mass is 225 g/mol. The normalized spacial score (nSPS) is 10.4. The summed E-state index contributed by atoms with van der Waals surface area (Å²) in [5.74, 6) is 0. The van der Waals surface area contributed by atoms with E-state index in [0.717, 1.165) is 0 Å². The molecule has 12 heavy (non-hydrogen) atoms. The van der Waals surface area contributed by atoms with Gasteiger partial charge in [0.25, 0.3) is 0 Å². The van der Waals surface area contributed by atoms with Crippen molar-refractivity contribution in [1.82, 2.24) is 0 Å². The van der Waals surface area contributed by atoms with Crippen molar-refractivity contribution >= 4 is 6.20 Å². The Labute approximate surface area is 83.8 Å². The minimum Gasteiger partial charge on any atom is -1.00 e. The van der Waals surface area contributed by atoms with Gasteiger partial charge in [-0.15, -0.1) is 0 Å². The lowest BCUT2D eigenvalue weighted by Gasteiger charge is -1.81. The second-order valence-electron chi connectivity index (χ2n) is 2.19. The van der Waals surface area contributed by atoms with Crippen LogP contribution in [-0.2, 0) is 0 Å². The molecular formula is C10H12BrN. The number of halogens is 1. The van der Waals surface area contributed by atoms with Gasteiger partial charge >= 0.3 is 0 Å². The van der Waals surface area contributed by atoms with Gasteiger partial charge in [-0.25, -0.2) is 0 Å². The minimum atomic E-state index is 0. The zero-order valence-corrected chi connectivity index (χ0v) is 8.61. The highest BCUT2D eigenvalue weighted by Gasteiger charge is 1.85. The highest BCUT2D eigenvalue weighted by Crippen LogP contribution is 1.79. The molecule has 64 valence electrons. The van der Waals surface area contributed by atoms with E-state index in [1.165, 1.54) is 0 Å². The molecule has 0 aliphatic rings. The summed E-state index contributed by atoms with van der Waals surface area (Å²) < 4.78 is 2.00. The summed E-state index contributed by atoms with van der Waals surface area (Å²) in [4.78, 5) is 0. The van der Waals surface area contributed by atoms with Crippen LogP contribution in [0.3, 0.4) is 0 Å². The Morgan fingerprint density at radius 1 is 1.00 bits per heavy atom. The van der Waals surface area contributed by atoms with E-state index in [-0.39, 0.29) is 17.0 Å². The second kappa shape index (κ2) is 6.80. The van der Waals surface area contributed by atoms with E-state index in [9.17, 15) is 0 Å². The quantitative estimate of drug-likeness (QED) is 0.451. The molecule has 0 fully saturated rings. The van der Waals surface area contributed by atoms with E-state index in [1.54, 1.807) is 0 Å². The highest BCUT2D eigenvalue weighted by molar-refractivity contribution is 5.16. The minimum absolute atomic E-state index is 0. The van der Waals surface area contributed by atoms with Crippen LogP contribution in [-0.4, -0.2) is 0 Å². The summed E-state index contributed by atoms with van der Waals surface area (Å²) in [6, 6.07) is 6.00. The fourth-order valence-corrected chi connectivity index (χ4v) is 0.772. The lowest BCUT2D eigenvalue weighted by Crippen LogP contribution is -3.00. The molecule has 1 nitrogen and oxygen atoms in total. The van der Waals surface area contributed by atoms with Crippen molar-refractivity contribution in [3.8, 4) is 0 Å². The Bertz CT molecular complexity index is 252. The topological polar surface area (TPSA) is 3.88 Å². The molecule has 0 amide bonds. The van der Waals surface area contributed by atoms with Crippen LogP contribution >= 0.6 is 0 Å². The first kappa shape index (κ1) is 11.1. The number of hydrogen-bond acceptors (Lipinski definition) is 0. The zero-order valence-electron chi connectivity index (χ0n) is 7.02. The first-order chi connectivity index (χ1) is 5.43. The average molecular weight is 226 g/mol. The summed E-state index contributed by atoms with van der Waals surface area (Å²) in [6.07, 6.45) is 12.0. The van der Waals surface area contributed by atoms with Crippen molar-refractivity contribution in [2.45, 2.75) is 6.92 Å². The lowest BCUT2D eigenvalue weighted by atomic mass is 10.4. The van der Waals surface area contributed by atoms with E-state index in [4.69, 9.17) is 0 Å². The molecular weight excluding hydrogens is 214 g/mol. The van der Waals surface area contributed by atoms with Gasteiger partial charge in [0.15, 0.2) is 18.6 Å². The number of hydrogen-bond donors (Lipinski definition) is 0. The molecule has 1 heterocycles. The largest absolute Gasteiger partial charge is 1.00 e. The van der Waals surface area contributed by atoms with E-state index in [0.29, 0.717) is 0 Å². The van der Waals surface area contributed by atoms with Gasteiger partial charge in [0.2, 0.25) is 0 Å². The molecule has 0 bridgehead atoms. The third-order valence-corrected chi connectivity index (χ3v) is 1.30. The molecule has 0 N–H and O–H groups in total. The molecule has 0 saturated carbocycles. The third-order valence-electron chi connectivity index (χ3n) is 1.30. The fourth-order valence-electron chi connectivity index (χ4n) is 0.772. The number of nitrogens with zero attached hydrogens (tertiary/aromatic N) is 1. The maximum Gasteiger partial charge on any atom is 0.174 e. The molecule has 1 aromatic rings. The number of aromatic nitrogens is 1. The molecule has 0 unspecified atom stereocenters. The summed E-state index contributed by atoms with van der Waals surface area (Å²) in [5, 5.41) is 0. The van der Waals surface area contributed by atoms with Gasteiger partial charge in [-0.3, -0.25) is 0 Å². The summed E-state index contributed by atoms with van der Waals surface area (Å²) in [7, 11) is 0. The van der Waals surface area contributed by atoms with Crippen LogP contribution in [0.25, 0.3) is 6.20 Å². The highest BCUT2D eigenvalue weighted by atomic mass is 79.9. The summed E-state index contributed by atoms with van der Waals surface area (Å²) in [6.45, 7) is 2.00. The van der Waals surface area contributed by atoms with Crippen molar-refractivity contribution in [1.29, 1.82) is 0 Å². The second-order valence-corrected chi connectivity index (χ2v) is 2.19. The molecule has 0 saturated heterocycles. The first-order valence-electron chi connectivity index (χ1n) is 3.69. The molecule has 0 spiro atoms. The van der Waals surface area contributed by atoms with Crippen molar-refractivity contribution in [3.63, 3.8) is 0 Å². The molecule has 2 heteroatoms. The van der Waals surface area contributed by atoms with Crippen LogP contribution in [0.15, 0.2) is 48.8 Å². The number of rotatable bonds is 2. The Kier molecular flexibility index (Phi) is 6.29. The van der Waals surface area contributed by atoms with Crippen molar-refractivity contribution < 1.29 is 21.5 Å². The third kappa shape index (κ3) is 4.09. The van der Waals surface area contributed by atoms with E-state index in [2.05, 4.69) is 0 Å².